The minimum absolute atomic E-state index is 0.00904. The van der Waals surface area contributed by atoms with Crippen molar-refractivity contribution in [3.05, 3.63) is 61.8 Å². The van der Waals surface area contributed by atoms with Crippen molar-refractivity contribution in [1.29, 1.82) is 0 Å². The van der Waals surface area contributed by atoms with E-state index >= 15 is 0 Å². The number of nitro groups is 1. The molecule has 0 saturated heterocycles. The summed E-state index contributed by atoms with van der Waals surface area (Å²) in [7, 11) is 0. The van der Waals surface area contributed by atoms with Crippen LogP contribution in [0.4, 0.5) is 11.4 Å². The lowest BCUT2D eigenvalue weighted by Crippen LogP contribution is -2.13. The van der Waals surface area contributed by atoms with Gasteiger partial charge in [-0.15, -0.1) is 0 Å². The quantitative estimate of drug-likeness (QED) is 0.672. The number of carbonyl (C=O) groups excluding carboxylic acids is 1. The van der Waals surface area contributed by atoms with Crippen LogP contribution < -0.4 is 5.32 Å². The summed E-state index contributed by atoms with van der Waals surface area (Å²) >= 11 is 8.90. The van der Waals surface area contributed by atoms with Crippen molar-refractivity contribution in [3.8, 4) is 0 Å². The zero-order valence-corrected chi connectivity index (χ0v) is 12.2. The van der Waals surface area contributed by atoms with Crippen molar-refractivity contribution in [2.75, 3.05) is 5.32 Å². The third-order valence-electron chi connectivity index (χ3n) is 2.36. The Bertz CT molecular complexity index is 676. The summed E-state index contributed by atoms with van der Waals surface area (Å²) in [5.41, 5.74) is 0.204. The maximum Gasteiger partial charge on any atom is 0.289 e. The average Bonchev–Trinajstić information content (AvgIpc) is 2.41. The largest absolute Gasteiger partial charge is 0.320 e. The first-order chi connectivity index (χ1) is 9.47. The molecule has 1 aromatic carbocycles. The second kappa shape index (κ2) is 5.98. The van der Waals surface area contributed by atoms with Crippen molar-refractivity contribution < 1.29 is 9.72 Å². The summed E-state index contributed by atoms with van der Waals surface area (Å²) in [6, 6.07) is 7.23. The molecule has 0 aliphatic carbocycles. The second-order valence-corrected chi connectivity index (χ2v) is 5.06. The van der Waals surface area contributed by atoms with E-state index in [-0.39, 0.29) is 22.1 Å². The van der Waals surface area contributed by atoms with Gasteiger partial charge in [-0.25, -0.2) is 4.98 Å². The van der Waals surface area contributed by atoms with Gasteiger partial charge >= 0.3 is 0 Å². The van der Waals surface area contributed by atoms with Gasteiger partial charge in [0.1, 0.15) is 10.7 Å². The summed E-state index contributed by atoms with van der Waals surface area (Å²) in [5, 5.41) is 13.3. The molecule has 0 aliphatic heterocycles. The van der Waals surface area contributed by atoms with E-state index in [4.69, 9.17) is 11.6 Å². The van der Waals surface area contributed by atoms with Crippen LogP contribution >= 0.6 is 27.5 Å². The molecule has 0 spiro atoms. The highest BCUT2D eigenvalue weighted by molar-refractivity contribution is 9.10. The minimum Gasteiger partial charge on any atom is -0.320 e. The number of aromatic nitrogens is 1. The highest BCUT2D eigenvalue weighted by Crippen LogP contribution is 2.27. The van der Waals surface area contributed by atoms with Gasteiger partial charge in [-0.3, -0.25) is 14.9 Å². The first-order valence-electron chi connectivity index (χ1n) is 5.34. The number of pyridine rings is 1. The van der Waals surface area contributed by atoms with E-state index in [0.29, 0.717) is 0 Å². The Morgan fingerprint density at radius 2 is 2.10 bits per heavy atom. The molecular weight excluding hydrogens is 350 g/mol. The zero-order valence-electron chi connectivity index (χ0n) is 9.84. The Balaban J connectivity index is 2.21. The molecule has 20 heavy (non-hydrogen) atoms. The Morgan fingerprint density at radius 3 is 2.70 bits per heavy atom. The topological polar surface area (TPSA) is 85.1 Å². The monoisotopic (exact) mass is 355 g/mol. The Labute approximate surface area is 127 Å². The van der Waals surface area contributed by atoms with Crippen LogP contribution in [-0.2, 0) is 0 Å². The van der Waals surface area contributed by atoms with E-state index in [1.807, 2.05) is 0 Å². The first kappa shape index (κ1) is 14.4. The van der Waals surface area contributed by atoms with Crippen molar-refractivity contribution >= 4 is 44.8 Å². The normalized spacial score (nSPS) is 10.1. The van der Waals surface area contributed by atoms with Gasteiger partial charge in [0.15, 0.2) is 0 Å². The maximum atomic E-state index is 11.9. The van der Waals surface area contributed by atoms with Crippen LogP contribution in [0.2, 0.25) is 5.02 Å². The predicted octanol–water partition coefficient (Wildman–Crippen LogP) is 3.66. The van der Waals surface area contributed by atoms with E-state index < -0.39 is 10.8 Å². The van der Waals surface area contributed by atoms with E-state index in [0.717, 1.165) is 4.47 Å². The van der Waals surface area contributed by atoms with Gasteiger partial charge in [0.05, 0.1) is 4.92 Å². The Hall–Kier alpha value is -1.99. The van der Waals surface area contributed by atoms with Crippen molar-refractivity contribution in [1.82, 2.24) is 4.98 Å². The number of hydrogen-bond donors (Lipinski definition) is 1. The van der Waals surface area contributed by atoms with Crippen LogP contribution in [0.15, 0.2) is 41.0 Å². The van der Waals surface area contributed by atoms with Gasteiger partial charge in [-0.2, -0.15) is 0 Å². The fraction of sp³-hybridized carbons (Fsp3) is 0. The third-order valence-corrected chi connectivity index (χ3v) is 3.15. The van der Waals surface area contributed by atoms with Gasteiger partial charge in [-0.1, -0.05) is 11.6 Å². The van der Waals surface area contributed by atoms with Gasteiger partial charge in [0.25, 0.3) is 11.6 Å². The number of benzene rings is 1. The molecule has 0 unspecified atom stereocenters. The van der Waals surface area contributed by atoms with Gasteiger partial charge in [0, 0.05) is 22.4 Å². The molecule has 0 fully saturated rings. The molecule has 6 nitrogen and oxygen atoms in total. The van der Waals surface area contributed by atoms with Gasteiger partial charge in [0.2, 0.25) is 0 Å². The highest BCUT2D eigenvalue weighted by atomic mass is 79.9. The number of nitrogens with one attached hydrogen (secondary N) is 1. The molecule has 1 aromatic heterocycles. The molecule has 2 rings (SSSR count). The number of rotatable bonds is 3. The first-order valence-corrected chi connectivity index (χ1v) is 6.51. The number of nitrogens with zero attached hydrogens (tertiary/aromatic N) is 2. The molecule has 0 radical (unpaired) electrons. The van der Waals surface area contributed by atoms with Crippen molar-refractivity contribution in [2.45, 2.75) is 0 Å². The molecule has 1 N–H and O–H groups in total. The lowest BCUT2D eigenvalue weighted by atomic mass is 10.2. The molecule has 1 heterocycles. The van der Waals surface area contributed by atoms with E-state index in [1.54, 1.807) is 6.07 Å². The van der Waals surface area contributed by atoms with Crippen LogP contribution in [0.25, 0.3) is 0 Å². The van der Waals surface area contributed by atoms with Crippen LogP contribution in [0.5, 0.6) is 0 Å². The van der Waals surface area contributed by atoms with Crippen LogP contribution in [0.1, 0.15) is 10.5 Å². The number of halogens is 2. The van der Waals surface area contributed by atoms with E-state index in [2.05, 4.69) is 26.2 Å². The number of nitro benzene ring substituents is 1. The van der Waals surface area contributed by atoms with E-state index in [1.165, 1.54) is 30.5 Å². The lowest BCUT2D eigenvalue weighted by molar-refractivity contribution is -0.384. The number of amides is 1. The van der Waals surface area contributed by atoms with Gasteiger partial charge in [-0.05, 0) is 40.2 Å². The summed E-state index contributed by atoms with van der Waals surface area (Å²) in [6.07, 6.45) is 1.49. The fourth-order valence-electron chi connectivity index (χ4n) is 1.44. The summed E-state index contributed by atoms with van der Waals surface area (Å²) < 4.78 is 0.746. The minimum atomic E-state index is -0.615. The SMILES string of the molecule is O=C(Nc1ccc(Cl)c([N+](=O)[O-])c1)c1ccc(Br)cn1. The van der Waals surface area contributed by atoms with Gasteiger partial charge < -0.3 is 5.32 Å². The smallest absolute Gasteiger partial charge is 0.289 e. The molecule has 2 aromatic rings. The number of hydrogen-bond acceptors (Lipinski definition) is 4. The predicted molar refractivity (Wildman–Crippen MR) is 78.0 cm³/mol. The molecule has 8 heteroatoms. The number of anilines is 1. The molecule has 0 atom stereocenters. The van der Waals surface area contributed by atoms with Crippen molar-refractivity contribution in [3.63, 3.8) is 0 Å². The molecule has 102 valence electrons. The zero-order chi connectivity index (χ0) is 14.7. The maximum absolute atomic E-state index is 11.9. The van der Waals surface area contributed by atoms with Crippen LogP contribution in [0, 0.1) is 10.1 Å². The lowest BCUT2D eigenvalue weighted by Gasteiger charge is -2.05. The molecule has 0 bridgehead atoms. The molecular formula is C12H7BrClN3O3. The summed E-state index contributed by atoms with van der Waals surface area (Å²) in [5.74, 6) is -0.464. The third kappa shape index (κ3) is 3.31. The van der Waals surface area contributed by atoms with Crippen LogP contribution in [0.3, 0.4) is 0 Å². The Kier molecular flexibility index (Phi) is 4.31. The average molecular weight is 357 g/mol. The fourth-order valence-corrected chi connectivity index (χ4v) is 1.86. The summed E-state index contributed by atoms with van der Waals surface area (Å²) in [4.78, 5) is 26.0. The van der Waals surface area contributed by atoms with E-state index in [9.17, 15) is 14.9 Å². The second-order valence-electron chi connectivity index (χ2n) is 3.74. The molecule has 1 amide bonds. The molecule has 0 aliphatic rings. The highest BCUT2D eigenvalue weighted by Gasteiger charge is 2.14. The standard InChI is InChI=1S/C12H7BrClN3O3/c13-7-1-4-10(15-6-7)12(18)16-8-2-3-9(14)11(5-8)17(19)20/h1-6H,(H,16,18). The Morgan fingerprint density at radius 1 is 1.35 bits per heavy atom. The van der Waals surface area contributed by atoms with Crippen molar-refractivity contribution in [2.24, 2.45) is 0 Å². The molecule has 0 saturated carbocycles. The number of carbonyl (C=O) groups is 1. The van der Waals surface area contributed by atoms with Crippen LogP contribution in [-0.4, -0.2) is 15.8 Å². The summed E-state index contributed by atoms with van der Waals surface area (Å²) in [6.45, 7) is 0.